The van der Waals surface area contributed by atoms with Crippen LogP contribution < -0.4 is 5.73 Å². The van der Waals surface area contributed by atoms with Crippen molar-refractivity contribution >= 4 is 44.1 Å². The fourth-order valence-electron chi connectivity index (χ4n) is 1.73. The summed E-state index contributed by atoms with van der Waals surface area (Å²) in [6.45, 7) is 2.00. The van der Waals surface area contributed by atoms with Gasteiger partial charge in [-0.25, -0.2) is 0 Å². The van der Waals surface area contributed by atoms with Crippen molar-refractivity contribution in [2.45, 2.75) is 6.92 Å². The van der Waals surface area contributed by atoms with Gasteiger partial charge in [-0.15, -0.1) is 10.2 Å². The number of benzene rings is 1. The summed E-state index contributed by atoms with van der Waals surface area (Å²) >= 11 is 7.52. The first-order valence-corrected chi connectivity index (χ1v) is 5.55. The van der Waals surface area contributed by atoms with E-state index in [1.165, 1.54) is 11.3 Å². The van der Waals surface area contributed by atoms with E-state index in [4.69, 9.17) is 17.3 Å². The van der Waals surface area contributed by atoms with Crippen LogP contribution in [0.3, 0.4) is 0 Å². The minimum Gasteiger partial charge on any atom is -0.368 e. The molecule has 2 aromatic heterocycles. The molecule has 3 aromatic rings. The molecule has 0 amide bonds. The Morgan fingerprint density at radius 1 is 1.40 bits per heavy atom. The molecule has 4 nitrogen and oxygen atoms in total. The van der Waals surface area contributed by atoms with Gasteiger partial charge in [0.15, 0.2) is 0 Å². The zero-order valence-corrected chi connectivity index (χ0v) is 9.43. The van der Waals surface area contributed by atoms with Gasteiger partial charge in [0.25, 0.3) is 0 Å². The standard InChI is InChI=1S/C9H7ClN4S/c1-4-2-5(10)3-6-7(4)14-8(11)12-13-9(14)15-6/h2-3H,1H3,(H2,11,12). The summed E-state index contributed by atoms with van der Waals surface area (Å²) < 4.78 is 2.93. The van der Waals surface area contributed by atoms with Gasteiger partial charge in [-0.2, -0.15) is 0 Å². The second-order valence-corrected chi connectivity index (χ2v) is 4.79. The smallest absolute Gasteiger partial charge is 0.227 e. The average molecular weight is 239 g/mol. The van der Waals surface area contributed by atoms with Crippen molar-refractivity contribution in [2.24, 2.45) is 0 Å². The number of anilines is 1. The summed E-state index contributed by atoms with van der Waals surface area (Å²) in [6, 6.07) is 3.83. The van der Waals surface area contributed by atoms with Gasteiger partial charge < -0.3 is 5.73 Å². The lowest BCUT2D eigenvalue weighted by Crippen LogP contribution is -1.93. The van der Waals surface area contributed by atoms with E-state index in [9.17, 15) is 0 Å². The first-order chi connectivity index (χ1) is 7.16. The van der Waals surface area contributed by atoms with Crippen LogP contribution >= 0.6 is 22.9 Å². The maximum Gasteiger partial charge on any atom is 0.227 e. The van der Waals surface area contributed by atoms with Crippen LogP contribution in [0.1, 0.15) is 5.56 Å². The molecule has 6 heteroatoms. The number of hydrogen-bond acceptors (Lipinski definition) is 4. The van der Waals surface area contributed by atoms with Gasteiger partial charge in [0.1, 0.15) is 0 Å². The van der Waals surface area contributed by atoms with Crippen molar-refractivity contribution in [2.75, 3.05) is 5.73 Å². The lowest BCUT2D eigenvalue weighted by atomic mass is 10.2. The lowest BCUT2D eigenvalue weighted by molar-refractivity contribution is 1.12. The van der Waals surface area contributed by atoms with Crippen LogP contribution in [0, 0.1) is 6.92 Å². The molecule has 76 valence electrons. The molecular formula is C9H7ClN4S. The van der Waals surface area contributed by atoms with Gasteiger partial charge in [0.05, 0.1) is 10.2 Å². The molecule has 0 spiro atoms. The zero-order chi connectivity index (χ0) is 10.6. The fourth-order valence-corrected chi connectivity index (χ4v) is 3.15. The molecule has 0 aliphatic rings. The minimum atomic E-state index is 0.418. The van der Waals surface area contributed by atoms with Crippen LogP contribution in [-0.2, 0) is 0 Å². The highest BCUT2D eigenvalue weighted by molar-refractivity contribution is 7.23. The Balaban J connectivity index is 2.63. The molecule has 0 radical (unpaired) electrons. The van der Waals surface area contributed by atoms with Crippen LogP contribution in [0.2, 0.25) is 5.02 Å². The zero-order valence-electron chi connectivity index (χ0n) is 7.86. The predicted octanol–water partition coefficient (Wildman–Crippen LogP) is 2.49. The Morgan fingerprint density at radius 3 is 3.00 bits per heavy atom. The molecule has 0 aliphatic carbocycles. The van der Waals surface area contributed by atoms with Gasteiger partial charge in [-0.05, 0) is 24.6 Å². The number of rotatable bonds is 0. The van der Waals surface area contributed by atoms with E-state index in [0.717, 1.165) is 25.8 Å². The topological polar surface area (TPSA) is 56.2 Å². The summed E-state index contributed by atoms with van der Waals surface area (Å²) in [4.78, 5) is 0.799. The first kappa shape index (κ1) is 8.94. The van der Waals surface area contributed by atoms with Gasteiger partial charge >= 0.3 is 0 Å². The normalized spacial score (nSPS) is 11.6. The maximum atomic E-state index is 5.99. The summed E-state index contributed by atoms with van der Waals surface area (Å²) in [5.41, 5.74) is 7.88. The molecule has 0 saturated carbocycles. The number of thiazole rings is 1. The second kappa shape index (κ2) is 2.84. The Hall–Kier alpha value is -1.33. The summed E-state index contributed by atoms with van der Waals surface area (Å²) in [6.07, 6.45) is 0. The summed E-state index contributed by atoms with van der Waals surface area (Å²) in [7, 11) is 0. The number of nitrogens with two attached hydrogens (primary N) is 1. The number of halogens is 1. The van der Waals surface area contributed by atoms with Crippen molar-refractivity contribution in [3.8, 4) is 0 Å². The Kier molecular flexibility index (Phi) is 1.69. The number of hydrogen-bond donors (Lipinski definition) is 1. The number of fused-ring (bicyclic) bond motifs is 3. The molecule has 0 bridgehead atoms. The number of nitrogen functional groups attached to an aromatic ring is 1. The molecule has 0 unspecified atom stereocenters. The average Bonchev–Trinajstić information content (AvgIpc) is 2.66. The third kappa shape index (κ3) is 1.13. The summed E-state index contributed by atoms with van der Waals surface area (Å²) in [5.74, 6) is 0.418. The molecule has 15 heavy (non-hydrogen) atoms. The molecule has 0 aliphatic heterocycles. The van der Waals surface area contributed by atoms with Crippen LogP contribution in [0.5, 0.6) is 0 Å². The number of aromatic nitrogens is 3. The first-order valence-electron chi connectivity index (χ1n) is 4.36. The van der Waals surface area contributed by atoms with Crippen molar-refractivity contribution in [3.63, 3.8) is 0 Å². The van der Waals surface area contributed by atoms with Crippen LogP contribution in [-0.4, -0.2) is 14.6 Å². The van der Waals surface area contributed by atoms with Crippen LogP contribution in [0.4, 0.5) is 5.95 Å². The largest absolute Gasteiger partial charge is 0.368 e. The van der Waals surface area contributed by atoms with Crippen LogP contribution in [0.15, 0.2) is 12.1 Å². The van der Waals surface area contributed by atoms with E-state index in [1.807, 2.05) is 23.5 Å². The Bertz CT molecular complexity index is 669. The van der Waals surface area contributed by atoms with Gasteiger partial charge in [0, 0.05) is 5.02 Å². The molecule has 2 heterocycles. The highest BCUT2D eigenvalue weighted by Crippen LogP contribution is 2.31. The van der Waals surface area contributed by atoms with Crippen molar-refractivity contribution in [3.05, 3.63) is 22.7 Å². The number of aryl methyl sites for hydroxylation is 1. The molecule has 2 N–H and O–H groups in total. The molecule has 0 fully saturated rings. The third-order valence-electron chi connectivity index (χ3n) is 2.31. The van der Waals surface area contributed by atoms with Crippen molar-refractivity contribution in [1.29, 1.82) is 0 Å². The SMILES string of the molecule is Cc1cc(Cl)cc2sc3nnc(N)n3c12. The minimum absolute atomic E-state index is 0.418. The van der Waals surface area contributed by atoms with Gasteiger partial charge in [0.2, 0.25) is 10.9 Å². The van der Waals surface area contributed by atoms with E-state index in [1.54, 1.807) is 0 Å². The lowest BCUT2D eigenvalue weighted by Gasteiger charge is -1.98. The van der Waals surface area contributed by atoms with E-state index in [-0.39, 0.29) is 0 Å². The maximum absolute atomic E-state index is 5.99. The number of nitrogens with zero attached hydrogens (tertiary/aromatic N) is 3. The van der Waals surface area contributed by atoms with E-state index in [2.05, 4.69) is 10.2 Å². The molecule has 0 atom stereocenters. The van der Waals surface area contributed by atoms with Gasteiger partial charge in [-0.1, -0.05) is 22.9 Å². The van der Waals surface area contributed by atoms with E-state index < -0.39 is 0 Å². The fraction of sp³-hybridized carbons (Fsp3) is 0.111. The predicted molar refractivity (Wildman–Crippen MR) is 62.5 cm³/mol. The highest BCUT2D eigenvalue weighted by atomic mass is 35.5. The quantitative estimate of drug-likeness (QED) is 0.655. The second-order valence-electron chi connectivity index (χ2n) is 3.35. The van der Waals surface area contributed by atoms with Crippen LogP contribution in [0.25, 0.3) is 15.2 Å². The molecule has 3 rings (SSSR count). The monoisotopic (exact) mass is 238 g/mol. The Morgan fingerprint density at radius 2 is 2.20 bits per heavy atom. The molecule has 1 aromatic carbocycles. The highest BCUT2D eigenvalue weighted by Gasteiger charge is 2.12. The van der Waals surface area contributed by atoms with E-state index in [0.29, 0.717) is 5.95 Å². The summed E-state index contributed by atoms with van der Waals surface area (Å²) in [5, 5.41) is 8.56. The van der Waals surface area contributed by atoms with E-state index >= 15 is 0 Å². The van der Waals surface area contributed by atoms with Crippen molar-refractivity contribution < 1.29 is 0 Å². The van der Waals surface area contributed by atoms with Gasteiger partial charge in [-0.3, -0.25) is 4.40 Å². The molecule has 0 saturated heterocycles. The molecular weight excluding hydrogens is 232 g/mol. The van der Waals surface area contributed by atoms with Crippen molar-refractivity contribution in [1.82, 2.24) is 14.6 Å². The Labute approximate surface area is 94.3 Å². The third-order valence-corrected chi connectivity index (χ3v) is 3.51.